The Bertz CT molecular complexity index is 463. The zero-order valence-corrected chi connectivity index (χ0v) is 9.51. The average Bonchev–Trinajstić information content (AvgIpc) is 2.64. The summed E-state index contributed by atoms with van der Waals surface area (Å²) in [5.41, 5.74) is 1.20. The van der Waals surface area contributed by atoms with Crippen molar-refractivity contribution in [3.8, 4) is 0 Å². The molecule has 0 bridgehead atoms. The van der Waals surface area contributed by atoms with Crippen molar-refractivity contribution >= 4 is 5.82 Å². The summed E-state index contributed by atoms with van der Waals surface area (Å²) in [4.78, 5) is 8.37. The van der Waals surface area contributed by atoms with Gasteiger partial charge in [0.05, 0.1) is 0 Å². The number of anilines is 1. The molecule has 84 valence electrons. The number of hydrogen-bond acceptors (Lipinski definition) is 4. The number of nitrogens with zero attached hydrogens (tertiary/aromatic N) is 4. The highest BCUT2D eigenvalue weighted by Gasteiger charge is 1.99. The monoisotopic (exact) mass is 217 g/mol. The van der Waals surface area contributed by atoms with E-state index < -0.39 is 0 Å². The summed E-state index contributed by atoms with van der Waals surface area (Å²) in [6.07, 6.45) is 4.31. The second-order valence-corrected chi connectivity index (χ2v) is 3.73. The lowest BCUT2D eigenvalue weighted by molar-refractivity contribution is 0.742. The molecule has 0 unspecified atom stereocenters. The highest BCUT2D eigenvalue weighted by atomic mass is 15.3. The van der Waals surface area contributed by atoms with E-state index in [1.54, 1.807) is 17.2 Å². The van der Waals surface area contributed by atoms with E-state index in [9.17, 15) is 0 Å². The molecule has 0 amide bonds. The van der Waals surface area contributed by atoms with Gasteiger partial charge in [-0.2, -0.15) is 5.10 Å². The summed E-state index contributed by atoms with van der Waals surface area (Å²) in [7, 11) is 1.87. The predicted molar refractivity (Wildman–Crippen MR) is 62.2 cm³/mol. The minimum absolute atomic E-state index is 0.792. The molecule has 0 saturated heterocycles. The van der Waals surface area contributed by atoms with E-state index in [-0.39, 0.29) is 0 Å². The summed E-state index contributed by atoms with van der Waals surface area (Å²) in [5, 5.41) is 7.45. The van der Waals surface area contributed by atoms with Crippen LogP contribution in [0.2, 0.25) is 0 Å². The maximum absolute atomic E-state index is 4.22. The summed E-state index contributed by atoms with van der Waals surface area (Å²) in [6.45, 7) is 2.84. The van der Waals surface area contributed by atoms with Crippen LogP contribution >= 0.6 is 0 Å². The van der Waals surface area contributed by atoms with Gasteiger partial charge in [0.15, 0.2) is 5.82 Å². The fourth-order valence-corrected chi connectivity index (χ4v) is 1.43. The molecule has 5 nitrogen and oxygen atoms in total. The van der Waals surface area contributed by atoms with Crippen LogP contribution in [0.4, 0.5) is 5.82 Å². The van der Waals surface area contributed by atoms with E-state index in [0.717, 1.165) is 24.6 Å². The van der Waals surface area contributed by atoms with Crippen molar-refractivity contribution in [3.05, 3.63) is 36.0 Å². The van der Waals surface area contributed by atoms with Gasteiger partial charge < -0.3 is 5.32 Å². The van der Waals surface area contributed by atoms with Crippen LogP contribution in [-0.4, -0.2) is 26.3 Å². The van der Waals surface area contributed by atoms with Crippen LogP contribution in [0.5, 0.6) is 0 Å². The third-order valence-electron chi connectivity index (χ3n) is 2.22. The minimum atomic E-state index is 0.792. The van der Waals surface area contributed by atoms with Gasteiger partial charge in [-0.15, -0.1) is 0 Å². The van der Waals surface area contributed by atoms with Crippen LogP contribution in [0.3, 0.4) is 0 Å². The molecule has 2 aromatic rings. The second-order valence-electron chi connectivity index (χ2n) is 3.73. The van der Waals surface area contributed by atoms with E-state index in [4.69, 9.17) is 0 Å². The molecule has 5 heteroatoms. The second kappa shape index (κ2) is 4.74. The highest BCUT2D eigenvalue weighted by Crippen LogP contribution is 2.04. The third kappa shape index (κ3) is 2.79. The van der Waals surface area contributed by atoms with Gasteiger partial charge in [0.25, 0.3) is 0 Å². The normalized spacial score (nSPS) is 10.4. The number of aryl methyl sites for hydroxylation is 2. The Morgan fingerprint density at radius 3 is 2.94 bits per heavy atom. The van der Waals surface area contributed by atoms with Gasteiger partial charge in [-0.3, -0.25) is 4.68 Å². The zero-order chi connectivity index (χ0) is 11.4. The van der Waals surface area contributed by atoms with Crippen molar-refractivity contribution in [2.45, 2.75) is 13.3 Å². The van der Waals surface area contributed by atoms with Gasteiger partial charge >= 0.3 is 0 Å². The number of hydrogen-bond donors (Lipinski definition) is 1. The largest absolute Gasteiger partial charge is 0.370 e. The van der Waals surface area contributed by atoms with Crippen LogP contribution in [0.1, 0.15) is 11.4 Å². The van der Waals surface area contributed by atoms with Crippen LogP contribution in [0.15, 0.2) is 24.7 Å². The van der Waals surface area contributed by atoms with Crippen LogP contribution in [-0.2, 0) is 13.5 Å². The number of nitrogens with one attached hydrogen (secondary N) is 1. The molecule has 2 heterocycles. The van der Waals surface area contributed by atoms with Gasteiger partial charge in [-0.1, -0.05) is 0 Å². The molecule has 2 aromatic heterocycles. The summed E-state index contributed by atoms with van der Waals surface area (Å²) in [6, 6.07) is 4.00. The maximum atomic E-state index is 4.22. The first kappa shape index (κ1) is 10.6. The fourth-order valence-electron chi connectivity index (χ4n) is 1.43. The third-order valence-corrected chi connectivity index (χ3v) is 2.22. The van der Waals surface area contributed by atoms with Gasteiger partial charge in [-0.25, -0.2) is 9.97 Å². The first-order chi connectivity index (χ1) is 7.74. The summed E-state index contributed by atoms with van der Waals surface area (Å²) >= 11 is 0. The minimum Gasteiger partial charge on any atom is -0.370 e. The van der Waals surface area contributed by atoms with Crippen LogP contribution in [0, 0.1) is 6.92 Å². The lowest BCUT2D eigenvalue weighted by Crippen LogP contribution is -2.07. The molecule has 0 radical (unpaired) electrons. The van der Waals surface area contributed by atoms with Crippen molar-refractivity contribution in [3.63, 3.8) is 0 Å². The Morgan fingerprint density at radius 2 is 2.25 bits per heavy atom. The highest BCUT2D eigenvalue weighted by molar-refractivity contribution is 5.36. The molecule has 16 heavy (non-hydrogen) atoms. The van der Waals surface area contributed by atoms with E-state index >= 15 is 0 Å². The molecular weight excluding hydrogens is 202 g/mol. The van der Waals surface area contributed by atoms with Crippen molar-refractivity contribution < 1.29 is 0 Å². The van der Waals surface area contributed by atoms with E-state index in [1.807, 2.05) is 26.1 Å². The standard InChI is InChI=1S/C11H15N5/c1-9-3-5-12-11(7-9)13-6-4-10-14-8-16(2)15-10/h3,5,7-8H,4,6H2,1-2H3,(H,12,13). The first-order valence-corrected chi connectivity index (χ1v) is 5.25. The Labute approximate surface area is 94.5 Å². The van der Waals surface area contributed by atoms with Crippen molar-refractivity contribution in [1.82, 2.24) is 19.7 Å². The van der Waals surface area contributed by atoms with Crippen LogP contribution < -0.4 is 5.32 Å². The summed E-state index contributed by atoms with van der Waals surface area (Å²) < 4.78 is 1.71. The predicted octanol–water partition coefficient (Wildman–Crippen LogP) is 1.17. The summed E-state index contributed by atoms with van der Waals surface area (Å²) in [5.74, 6) is 1.75. The molecule has 0 spiro atoms. The molecule has 1 N–H and O–H groups in total. The molecule has 0 aliphatic heterocycles. The fraction of sp³-hybridized carbons (Fsp3) is 0.364. The van der Waals surface area contributed by atoms with Crippen molar-refractivity contribution in [2.75, 3.05) is 11.9 Å². The zero-order valence-electron chi connectivity index (χ0n) is 9.51. The van der Waals surface area contributed by atoms with Gasteiger partial charge in [0, 0.05) is 26.2 Å². The molecule has 0 fully saturated rings. The molecule has 0 aliphatic rings. The smallest absolute Gasteiger partial charge is 0.152 e. The number of aromatic nitrogens is 4. The van der Waals surface area contributed by atoms with E-state index in [1.165, 1.54) is 5.56 Å². The lowest BCUT2D eigenvalue weighted by Gasteiger charge is -2.03. The van der Waals surface area contributed by atoms with Crippen molar-refractivity contribution in [1.29, 1.82) is 0 Å². The Hall–Kier alpha value is -1.91. The van der Waals surface area contributed by atoms with Crippen molar-refractivity contribution in [2.24, 2.45) is 7.05 Å². The average molecular weight is 217 g/mol. The SMILES string of the molecule is Cc1ccnc(NCCc2ncn(C)n2)c1. The van der Waals surface area contributed by atoms with Gasteiger partial charge in [0.1, 0.15) is 12.1 Å². The van der Waals surface area contributed by atoms with Gasteiger partial charge in [0.2, 0.25) is 0 Å². The van der Waals surface area contributed by atoms with Crippen LogP contribution in [0.25, 0.3) is 0 Å². The Morgan fingerprint density at radius 1 is 1.38 bits per heavy atom. The molecule has 0 aliphatic carbocycles. The molecule has 0 atom stereocenters. The topological polar surface area (TPSA) is 55.6 Å². The quantitative estimate of drug-likeness (QED) is 0.835. The Balaban J connectivity index is 1.84. The molecule has 0 saturated carbocycles. The van der Waals surface area contributed by atoms with E-state index in [2.05, 4.69) is 20.4 Å². The molecule has 2 rings (SSSR count). The molecule has 0 aromatic carbocycles. The lowest BCUT2D eigenvalue weighted by atomic mass is 10.3. The first-order valence-electron chi connectivity index (χ1n) is 5.25. The maximum Gasteiger partial charge on any atom is 0.152 e. The molecular formula is C11H15N5. The number of pyridine rings is 1. The van der Waals surface area contributed by atoms with E-state index in [0.29, 0.717) is 0 Å². The number of rotatable bonds is 4. The Kier molecular flexibility index (Phi) is 3.14. The van der Waals surface area contributed by atoms with Gasteiger partial charge in [-0.05, 0) is 24.6 Å².